The van der Waals surface area contributed by atoms with Gasteiger partial charge in [0.25, 0.3) is 0 Å². The molecule has 4 saturated carbocycles. The molecule has 4 rings (SSSR count). The van der Waals surface area contributed by atoms with E-state index in [4.69, 9.17) is 0 Å². The molecule has 2 N–H and O–H groups in total. The lowest BCUT2D eigenvalue weighted by molar-refractivity contribution is 0.107. The Bertz CT molecular complexity index is 362. The predicted molar refractivity (Wildman–Crippen MR) is 85.3 cm³/mol. The van der Waals surface area contributed by atoms with Crippen molar-refractivity contribution >= 4 is 0 Å². The van der Waals surface area contributed by atoms with Crippen LogP contribution in [0.15, 0.2) is 0 Å². The molecule has 0 radical (unpaired) electrons. The first-order chi connectivity index (χ1) is 10.3. The first kappa shape index (κ1) is 14.5. The molecule has 0 aromatic heterocycles. The van der Waals surface area contributed by atoms with Gasteiger partial charge >= 0.3 is 0 Å². The zero-order valence-corrected chi connectivity index (χ0v) is 13.4. The van der Waals surface area contributed by atoms with Gasteiger partial charge in [-0.25, -0.2) is 0 Å². The van der Waals surface area contributed by atoms with Gasteiger partial charge < -0.3 is 15.3 Å². The van der Waals surface area contributed by atoms with E-state index in [1.807, 2.05) is 0 Å². The quantitative estimate of drug-likeness (QED) is 0.685. The van der Waals surface area contributed by atoms with Crippen LogP contribution in [0.3, 0.4) is 0 Å². The minimum absolute atomic E-state index is 0.0654. The van der Waals surface area contributed by atoms with Crippen LogP contribution in [-0.2, 0) is 0 Å². The Balaban J connectivity index is 1.33. The molecule has 0 heterocycles. The second-order valence-electron chi connectivity index (χ2n) is 8.28. The van der Waals surface area contributed by atoms with Gasteiger partial charge in [-0.3, -0.25) is 0 Å². The lowest BCUT2D eigenvalue weighted by Crippen LogP contribution is -2.53. The van der Waals surface area contributed by atoms with Gasteiger partial charge in [-0.15, -0.1) is 0 Å². The van der Waals surface area contributed by atoms with Gasteiger partial charge in [-0.2, -0.15) is 0 Å². The predicted octanol–water partition coefficient (Wildman–Crippen LogP) is 2.53. The molecular weight excluding hydrogens is 260 g/mol. The third-order valence-electron chi connectivity index (χ3n) is 6.33. The van der Waals surface area contributed by atoms with E-state index in [0.29, 0.717) is 18.6 Å². The highest BCUT2D eigenvalue weighted by atomic mass is 16.3. The van der Waals surface area contributed by atoms with Crippen LogP contribution in [0.4, 0.5) is 0 Å². The molecule has 3 nitrogen and oxygen atoms in total. The van der Waals surface area contributed by atoms with Crippen molar-refractivity contribution in [2.24, 2.45) is 11.8 Å². The lowest BCUT2D eigenvalue weighted by atomic mass is 9.85. The van der Waals surface area contributed by atoms with Crippen LogP contribution in [0.1, 0.15) is 64.2 Å². The van der Waals surface area contributed by atoms with E-state index in [2.05, 4.69) is 10.2 Å². The highest BCUT2D eigenvalue weighted by Gasteiger charge is 2.45. The zero-order chi connectivity index (χ0) is 14.3. The second-order valence-corrected chi connectivity index (χ2v) is 8.28. The Hall–Kier alpha value is -0.120. The molecule has 0 saturated heterocycles. The van der Waals surface area contributed by atoms with Crippen molar-refractivity contribution in [3.63, 3.8) is 0 Å². The van der Waals surface area contributed by atoms with Gasteiger partial charge in [0.2, 0.25) is 0 Å². The monoisotopic (exact) mass is 292 g/mol. The number of aliphatic hydroxyl groups excluding tert-OH is 1. The summed E-state index contributed by atoms with van der Waals surface area (Å²) in [6, 6.07) is 1.62. The maximum Gasteiger partial charge on any atom is 0.0616 e. The molecule has 4 fully saturated rings. The summed E-state index contributed by atoms with van der Waals surface area (Å²) in [4.78, 5) is 2.79. The van der Waals surface area contributed by atoms with Crippen molar-refractivity contribution in [2.75, 3.05) is 19.7 Å². The maximum atomic E-state index is 10.0. The smallest absolute Gasteiger partial charge is 0.0616 e. The summed E-state index contributed by atoms with van der Waals surface area (Å²) in [5.41, 5.74) is 0.0654. The lowest BCUT2D eigenvalue weighted by Gasteiger charge is -2.36. The van der Waals surface area contributed by atoms with Crippen molar-refractivity contribution in [1.82, 2.24) is 10.2 Å². The number of hydrogen-bond acceptors (Lipinski definition) is 3. The average Bonchev–Trinajstić information content (AvgIpc) is 3.33. The highest BCUT2D eigenvalue weighted by Crippen LogP contribution is 2.41. The number of aliphatic hydroxyl groups is 1. The molecule has 3 heteroatoms. The van der Waals surface area contributed by atoms with E-state index < -0.39 is 0 Å². The second kappa shape index (κ2) is 5.82. The molecule has 2 atom stereocenters. The van der Waals surface area contributed by atoms with Crippen LogP contribution in [-0.4, -0.2) is 47.3 Å². The van der Waals surface area contributed by atoms with E-state index in [9.17, 15) is 5.11 Å². The summed E-state index contributed by atoms with van der Waals surface area (Å²) >= 11 is 0. The zero-order valence-electron chi connectivity index (χ0n) is 13.4. The Morgan fingerprint density at radius 1 is 1.05 bits per heavy atom. The maximum absolute atomic E-state index is 10.0. The number of nitrogens with one attached hydrogen (secondary N) is 1. The van der Waals surface area contributed by atoms with Gasteiger partial charge in [0.1, 0.15) is 0 Å². The first-order valence-electron chi connectivity index (χ1n) is 9.42. The summed E-state index contributed by atoms with van der Waals surface area (Å²) in [5.74, 6) is 1.71. The van der Waals surface area contributed by atoms with Crippen LogP contribution in [0.5, 0.6) is 0 Å². The molecule has 4 aliphatic carbocycles. The largest absolute Gasteiger partial charge is 0.394 e. The van der Waals surface area contributed by atoms with Gasteiger partial charge in [0.05, 0.1) is 6.61 Å². The Kier molecular flexibility index (Phi) is 4.01. The van der Waals surface area contributed by atoms with Gasteiger partial charge in [-0.1, -0.05) is 6.42 Å². The fourth-order valence-electron chi connectivity index (χ4n) is 4.46. The Morgan fingerprint density at radius 2 is 1.86 bits per heavy atom. The fraction of sp³-hybridized carbons (Fsp3) is 1.00. The van der Waals surface area contributed by atoms with E-state index in [0.717, 1.165) is 12.0 Å². The molecule has 0 amide bonds. The number of rotatable bonds is 9. The SMILES string of the molecule is OCC1(NC2CC2)CCCC1CCN(CC1CC1)C1CC1. The Labute approximate surface area is 129 Å². The summed E-state index contributed by atoms with van der Waals surface area (Å²) < 4.78 is 0. The molecular formula is C18H32N2O. The molecule has 2 unspecified atom stereocenters. The average molecular weight is 292 g/mol. The molecule has 120 valence electrons. The van der Waals surface area contributed by atoms with Crippen molar-refractivity contribution in [3.8, 4) is 0 Å². The highest BCUT2D eigenvalue weighted by molar-refractivity contribution is 5.03. The van der Waals surface area contributed by atoms with Crippen LogP contribution < -0.4 is 5.32 Å². The summed E-state index contributed by atoms with van der Waals surface area (Å²) in [6.45, 7) is 2.99. The van der Waals surface area contributed by atoms with Gasteiger partial charge in [0.15, 0.2) is 0 Å². The van der Waals surface area contributed by atoms with Crippen LogP contribution in [0.2, 0.25) is 0 Å². The normalized spacial score (nSPS) is 36.6. The molecule has 0 aliphatic heterocycles. The Morgan fingerprint density at radius 3 is 2.48 bits per heavy atom. The number of nitrogens with zero attached hydrogens (tertiary/aromatic N) is 1. The molecule has 0 spiro atoms. The van der Waals surface area contributed by atoms with Gasteiger partial charge in [-0.05, 0) is 76.2 Å². The van der Waals surface area contributed by atoms with E-state index >= 15 is 0 Å². The summed E-state index contributed by atoms with van der Waals surface area (Å²) in [6.07, 6.45) is 13.6. The standard InChI is InChI=1S/C18H32N2O/c21-13-18(19-16-5-6-16)10-1-2-15(18)9-11-20(17-7-8-17)12-14-3-4-14/h14-17,19,21H,1-13H2. The van der Waals surface area contributed by atoms with Crippen LogP contribution >= 0.6 is 0 Å². The third-order valence-corrected chi connectivity index (χ3v) is 6.33. The van der Waals surface area contributed by atoms with Crippen LogP contribution in [0, 0.1) is 11.8 Å². The van der Waals surface area contributed by atoms with Crippen LogP contribution in [0.25, 0.3) is 0 Å². The third kappa shape index (κ3) is 3.46. The summed E-state index contributed by atoms with van der Waals surface area (Å²) in [7, 11) is 0. The summed E-state index contributed by atoms with van der Waals surface area (Å²) in [5, 5.41) is 13.8. The van der Waals surface area contributed by atoms with Crippen molar-refractivity contribution in [1.29, 1.82) is 0 Å². The van der Waals surface area contributed by atoms with Gasteiger partial charge in [0, 0.05) is 24.2 Å². The van der Waals surface area contributed by atoms with E-state index in [1.165, 1.54) is 77.3 Å². The van der Waals surface area contributed by atoms with E-state index in [-0.39, 0.29) is 5.54 Å². The minimum atomic E-state index is 0.0654. The number of hydrogen-bond donors (Lipinski definition) is 2. The molecule has 21 heavy (non-hydrogen) atoms. The molecule has 0 bridgehead atoms. The fourth-order valence-corrected chi connectivity index (χ4v) is 4.46. The molecule has 0 aromatic carbocycles. The first-order valence-corrected chi connectivity index (χ1v) is 9.42. The molecule has 0 aromatic rings. The van der Waals surface area contributed by atoms with Crippen molar-refractivity contribution < 1.29 is 5.11 Å². The van der Waals surface area contributed by atoms with E-state index in [1.54, 1.807) is 0 Å². The van der Waals surface area contributed by atoms with Crippen molar-refractivity contribution in [3.05, 3.63) is 0 Å². The topological polar surface area (TPSA) is 35.5 Å². The minimum Gasteiger partial charge on any atom is -0.394 e. The molecule has 4 aliphatic rings. The van der Waals surface area contributed by atoms with Crippen molar-refractivity contribution in [2.45, 2.75) is 81.8 Å².